The van der Waals surface area contributed by atoms with Gasteiger partial charge in [-0.25, -0.2) is 0 Å². The summed E-state index contributed by atoms with van der Waals surface area (Å²) < 4.78 is 3.89. The predicted octanol–water partition coefficient (Wildman–Crippen LogP) is 2.65. The average molecular weight is 344 g/mol. The second-order valence-corrected chi connectivity index (χ2v) is 6.68. The molecule has 0 aliphatic carbocycles. The molecule has 0 atom stereocenters. The van der Waals surface area contributed by atoms with Crippen molar-refractivity contribution in [1.82, 2.24) is 14.5 Å². The van der Waals surface area contributed by atoms with Crippen molar-refractivity contribution < 1.29 is 9.59 Å². The molecule has 0 bridgehead atoms. The Hall–Kier alpha value is -2.28. The normalized spacial score (nSPS) is 13.5. The van der Waals surface area contributed by atoms with E-state index in [1.165, 1.54) is 5.56 Å². The summed E-state index contributed by atoms with van der Waals surface area (Å²) in [6, 6.07) is 5.89. The highest BCUT2D eigenvalue weighted by atomic mass is 32.1. The third-order valence-electron chi connectivity index (χ3n) is 4.17. The van der Waals surface area contributed by atoms with Crippen molar-refractivity contribution in [1.29, 1.82) is 0 Å². The number of hydrogen-bond acceptors (Lipinski definition) is 5. The Labute approximate surface area is 145 Å². The van der Waals surface area contributed by atoms with Gasteiger partial charge in [0.15, 0.2) is 0 Å². The van der Waals surface area contributed by atoms with Crippen LogP contribution in [0.4, 0.5) is 5.69 Å². The number of rotatable bonds is 4. The topological polar surface area (TPSA) is 75.2 Å². The molecule has 126 valence electrons. The number of nitrogens with zero attached hydrogens (tertiary/aromatic N) is 3. The van der Waals surface area contributed by atoms with Gasteiger partial charge in [0.05, 0.1) is 5.69 Å². The molecule has 0 saturated heterocycles. The lowest BCUT2D eigenvalue weighted by molar-refractivity contribution is -0.129. The molecule has 2 aromatic rings. The van der Waals surface area contributed by atoms with Crippen molar-refractivity contribution in [2.24, 2.45) is 0 Å². The van der Waals surface area contributed by atoms with Crippen molar-refractivity contribution in [2.75, 3.05) is 11.9 Å². The third-order valence-corrected chi connectivity index (χ3v) is 4.94. The monoisotopic (exact) mass is 344 g/mol. The van der Waals surface area contributed by atoms with Gasteiger partial charge in [0.2, 0.25) is 5.91 Å². The molecule has 6 nitrogen and oxygen atoms in total. The maximum absolute atomic E-state index is 12.5. The first-order chi connectivity index (χ1) is 11.6. The fourth-order valence-corrected chi connectivity index (χ4v) is 3.48. The fourth-order valence-electron chi connectivity index (χ4n) is 2.87. The Morgan fingerprint density at radius 1 is 1.33 bits per heavy atom. The van der Waals surface area contributed by atoms with Crippen molar-refractivity contribution >= 4 is 29.0 Å². The molecule has 0 spiro atoms. The van der Waals surface area contributed by atoms with Crippen LogP contribution in [-0.2, 0) is 24.2 Å². The Morgan fingerprint density at radius 2 is 2.17 bits per heavy atom. The summed E-state index contributed by atoms with van der Waals surface area (Å²) in [6.07, 6.45) is 2.52. The zero-order chi connectivity index (χ0) is 17.1. The number of nitrogens with one attached hydrogen (secondary N) is 1. The molecule has 0 fully saturated rings. The van der Waals surface area contributed by atoms with Crippen molar-refractivity contribution in [3.8, 4) is 0 Å². The number of carbonyl (C=O) groups is 2. The number of anilines is 1. The summed E-state index contributed by atoms with van der Waals surface area (Å²) >= 11 is 1.12. The molecule has 0 saturated carbocycles. The molecule has 24 heavy (non-hydrogen) atoms. The molecule has 7 heteroatoms. The average Bonchev–Trinajstić information content (AvgIpc) is 3.03. The van der Waals surface area contributed by atoms with Gasteiger partial charge in [0.1, 0.15) is 4.88 Å². The number of fused-ring (bicyclic) bond motifs is 1. The Bertz CT molecular complexity index is 772. The van der Waals surface area contributed by atoms with Gasteiger partial charge >= 0.3 is 0 Å². The van der Waals surface area contributed by atoms with E-state index in [1.807, 2.05) is 30.0 Å². The summed E-state index contributed by atoms with van der Waals surface area (Å²) in [4.78, 5) is 26.4. The van der Waals surface area contributed by atoms with Crippen molar-refractivity contribution in [3.63, 3.8) is 0 Å². The van der Waals surface area contributed by atoms with Gasteiger partial charge in [-0.05, 0) is 47.6 Å². The third kappa shape index (κ3) is 3.46. The highest BCUT2D eigenvalue weighted by molar-refractivity contribution is 7.08. The van der Waals surface area contributed by atoms with Crippen LogP contribution >= 0.6 is 11.5 Å². The van der Waals surface area contributed by atoms with Crippen LogP contribution < -0.4 is 5.32 Å². The van der Waals surface area contributed by atoms with Crippen LogP contribution in [0.15, 0.2) is 18.2 Å². The molecular formula is C17H20N4O2S. The van der Waals surface area contributed by atoms with Crippen LogP contribution in [0.5, 0.6) is 0 Å². The van der Waals surface area contributed by atoms with E-state index in [0.29, 0.717) is 11.4 Å². The predicted molar refractivity (Wildman–Crippen MR) is 93.1 cm³/mol. The van der Waals surface area contributed by atoms with E-state index in [0.717, 1.165) is 54.3 Å². The zero-order valence-electron chi connectivity index (χ0n) is 13.8. The van der Waals surface area contributed by atoms with Crippen molar-refractivity contribution in [2.45, 2.75) is 39.7 Å². The summed E-state index contributed by atoms with van der Waals surface area (Å²) in [5.41, 5.74) is 3.81. The Balaban J connectivity index is 1.76. The van der Waals surface area contributed by atoms with Gasteiger partial charge < -0.3 is 10.2 Å². The molecule has 2 heterocycles. The second kappa shape index (κ2) is 7.09. The summed E-state index contributed by atoms with van der Waals surface area (Å²) in [7, 11) is 0. The molecule has 2 amide bonds. The van der Waals surface area contributed by atoms with E-state index in [1.54, 1.807) is 6.92 Å². The smallest absolute Gasteiger partial charge is 0.269 e. The number of amides is 2. The highest BCUT2D eigenvalue weighted by Crippen LogP contribution is 2.24. The number of aryl methyl sites for hydroxylation is 1. The summed E-state index contributed by atoms with van der Waals surface area (Å²) in [5, 5.41) is 6.96. The standard InChI is InChI=1S/C17H20N4O2S/c1-3-4-15-16(24-20-19-15)17(23)18-14-6-5-12-7-8-21(11(2)22)10-13(12)9-14/h5-6,9H,3-4,7-8,10H2,1-2H3,(H,18,23). The second-order valence-electron chi connectivity index (χ2n) is 5.93. The van der Waals surface area contributed by atoms with Crippen LogP contribution in [0.2, 0.25) is 0 Å². The SMILES string of the molecule is CCCc1nnsc1C(=O)Nc1ccc2c(c1)CN(C(C)=O)CC2. The quantitative estimate of drug-likeness (QED) is 0.925. The summed E-state index contributed by atoms with van der Waals surface area (Å²) in [5.74, 6) is -0.0948. The van der Waals surface area contributed by atoms with Gasteiger partial charge in [0, 0.05) is 25.7 Å². The molecule has 1 aromatic carbocycles. The minimum absolute atomic E-state index is 0.0787. The lowest BCUT2D eigenvalue weighted by Crippen LogP contribution is -2.34. The van der Waals surface area contributed by atoms with Gasteiger partial charge in [-0.15, -0.1) is 5.10 Å². The molecule has 0 unspecified atom stereocenters. The number of aromatic nitrogens is 2. The Morgan fingerprint density at radius 3 is 2.92 bits per heavy atom. The first-order valence-electron chi connectivity index (χ1n) is 8.08. The van der Waals surface area contributed by atoms with E-state index in [2.05, 4.69) is 14.9 Å². The van der Waals surface area contributed by atoms with E-state index in [4.69, 9.17) is 0 Å². The van der Waals surface area contributed by atoms with Crippen molar-refractivity contribution in [3.05, 3.63) is 39.9 Å². The van der Waals surface area contributed by atoms with E-state index < -0.39 is 0 Å². The lowest BCUT2D eigenvalue weighted by Gasteiger charge is -2.28. The van der Waals surface area contributed by atoms with Crippen LogP contribution in [-0.4, -0.2) is 32.8 Å². The first kappa shape index (κ1) is 16.6. The van der Waals surface area contributed by atoms with E-state index in [9.17, 15) is 9.59 Å². The van der Waals surface area contributed by atoms with Gasteiger partial charge in [-0.2, -0.15) is 0 Å². The Kier molecular flexibility index (Phi) is 4.89. The maximum Gasteiger partial charge on any atom is 0.269 e. The minimum Gasteiger partial charge on any atom is -0.338 e. The molecule has 1 N–H and O–H groups in total. The molecule has 1 aliphatic rings. The zero-order valence-corrected chi connectivity index (χ0v) is 14.7. The largest absolute Gasteiger partial charge is 0.338 e. The number of hydrogen-bond donors (Lipinski definition) is 1. The molecule has 0 radical (unpaired) electrons. The van der Waals surface area contributed by atoms with Gasteiger partial charge in [-0.1, -0.05) is 23.9 Å². The van der Waals surface area contributed by atoms with Gasteiger partial charge in [-0.3, -0.25) is 9.59 Å². The van der Waals surface area contributed by atoms with Crippen LogP contribution in [0.3, 0.4) is 0 Å². The maximum atomic E-state index is 12.5. The first-order valence-corrected chi connectivity index (χ1v) is 8.85. The number of benzene rings is 1. The minimum atomic E-state index is -0.173. The fraction of sp³-hybridized carbons (Fsp3) is 0.412. The lowest BCUT2D eigenvalue weighted by atomic mass is 9.99. The van der Waals surface area contributed by atoms with Crippen LogP contribution in [0.1, 0.15) is 46.8 Å². The molecule has 1 aromatic heterocycles. The molecular weight excluding hydrogens is 324 g/mol. The summed E-state index contributed by atoms with van der Waals surface area (Å²) in [6.45, 7) is 4.98. The highest BCUT2D eigenvalue weighted by Gasteiger charge is 2.20. The van der Waals surface area contributed by atoms with E-state index >= 15 is 0 Å². The van der Waals surface area contributed by atoms with Crippen LogP contribution in [0, 0.1) is 0 Å². The molecule has 3 rings (SSSR count). The molecule has 1 aliphatic heterocycles. The van der Waals surface area contributed by atoms with E-state index in [-0.39, 0.29) is 11.8 Å². The van der Waals surface area contributed by atoms with Gasteiger partial charge in [0.25, 0.3) is 5.91 Å². The van der Waals surface area contributed by atoms with Crippen LogP contribution in [0.25, 0.3) is 0 Å². The number of carbonyl (C=O) groups excluding carboxylic acids is 2.